The molecule has 6 heteroatoms. The van der Waals surface area contributed by atoms with Gasteiger partial charge in [-0.05, 0) is 17.7 Å². The zero-order valence-corrected chi connectivity index (χ0v) is 10.4. The Bertz CT molecular complexity index is 414. The predicted molar refractivity (Wildman–Crippen MR) is 57.1 cm³/mol. The van der Waals surface area contributed by atoms with Crippen LogP contribution in [0.15, 0.2) is 27.1 Å². The minimum absolute atomic E-state index is 0.374. The number of hydrogen-bond acceptors (Lipinski definition) is 2. The molecule has 0 bridgehead atoms. The number of rotatable bonds is 2. The fraction of sp³-hybridized carbons (Fsp3) is 0.143. The van der Waals surface area contributed by atoms with E-state index in [9.17, 15) is 8.42 Å². The molecule has 3 nitrogen and oxygen atoms in total. The van der Waals surface area contributed by atoms with Crippen molar-refractivity contribution in [3.63, 3.8) is 0 Å². The van der Waals surface area contributed by atoms with E-state index >= 15 is 0 Å². The Hall–Kier alpha value is 0.0900. The van der Waals surface area contributed by atoms with Gasteiger partial charge in [-0.1, -0.05) is 37.9 Å². The smallest absolute Gasteiger partial charge is 0.269 e. The van der Waals surface area contributed by atoms with E-state index in [2.05, 4.69) is 31.9 Å². The molecule has 0 amide bonds. The summed E-state index contributed by atoms with van der Waals surface area (Å²) in [6.45, 7) is 0. The van der Waals surface area contributed by atoms with Crippen molar-refractivity contribution in [2.75, 3.05) is 0 Å². The lowest BCUT2D eigenvalue weighted by Crippen LogP contribution is -2.01. The standard InChI is InChI=1S/C7H6Br2O3S/c8-6-2-1-5(7(9)3-6)4-13(10,11)12/h1-3H,4H2,(H,10,11,12). The molecule has 0 atom stereocenters. The molecule has 0 saturated carbocycles. The van der Waals surface area contributed by atoms with Crippen LogP contribution >= 0.6 is 31.9 Å². The molecule has 0 saturated heterocycles. The third-order valence-corrected chi connectivity index (χ3v) is 3.26. The highest BCUT2D eigenvalue weighted by Gasteiger charge is 2.09. The summed E-state index contributed by atoms with van der Waals surface area (Å²) in [6.07, 6.45) is 0. The third-order valence-electron chi connectivity index (χ3n) is 1.35. The van der Waals surface area contributed by atoms with E-state index in [4.69, 9.17) is 4.55 Å². The van der Waals surface area contributed by atoms with Gasteiger partial charge >= 0.3 is 0 Å². The minimum atomic E-state index is -3.96. The van der Waals surface area contributed by atoms with Gasteiger partial charge in [-0.15, -0.1) is 0 Å². The highest BCUT2D eigenvalue weighted by Crippen LogP contribution is 2.23. The van der Waals surface area contributed by atoms with Crippen molar-refractivity contribution >= 4 is 42.0 Å². The fourth-order valence-electron chi connectivity index (χ4n) is 0.835. The second-order valence-corrected chi connectivity index (χ2v) is 5.68. The van der Waals surface area contributed by atoms with Gasteiger partial charge in [-0.2, -0.15) is 8.42 Å². The molecule has 0 aromatic heterocycles. The Kier molecular flexibility index (Phi) is 3.50. The van der Waals surface area contributed by atoms with Gasteiger partial charge in [0.15, 0.2) is 0 Å². The Morgan fingerprint density at radius 3 is 2.38 bits per heavy atom. The maximum Gasteiger partial charge on any atom is 0.269 e. The van der Waals surface area contributed by atoms with Crippen molar-refractivity contribution in [1.82, 2.24) is 0 Å². The van der Waals surface area contributed by atoms with Crippen molar-refractivity contribution in [1.29, 1.82) is 0 Å². The number of halogens is 2. The van der Waals surface area contributed by atoms with Crippen molar-refractivity contribution in [3.8, 4) is 0 Å². The maximum atomic E-state index is 10.6. The van der Waals surface area contributed by atoms with E-state index in [0.29, 0.717) is 10.0 Å². The lowest BCUT2D eigenvalue weighted by atomic mass is 10.2. The first-order valence-electron chi connectivity index (χ1n) is 3.27. The lowest BCUT2D eigenvalue weighted by Gasteiger charge is -2.02. The first-order chi connectivity index (χ1) is 5.88. The normalized spacial score (nSPS) is 11.6. The molecule has 0 aliphatic heterocycles. The molecule has 0 aliphatic carbocycles. The molecule has 1 aromatic rings. The van der Waals surface area contributed by atoms with Crippen LogP contribution in [-0.4, -0.2) is 13.0 Å². The zero-order chi connectivity index (χ0) is 10.1. The molecule has 0 fully saturated rings. The Labute approximate surface area is 93.2 Å². The van der Waals surface area contributed by atoms with Gasteiger partial charge < -0.3 is 0 Å². The predicted octanol–water partition coefficient (Wildman–Crippen LogP) is 2.60. The van der Waals surface area contributed by atoms with Crippen LogP contribution in [0.3, 0.4) is 0 Å². The van der Waals surface area contributed by atoms with E-state index in [-0.39, 0.29) is 5.75 Å². The molecule has 1 aromatic carbocycles. The first kappa shape index (κ1) is 11.2. The number of benzene rings is 1. The molecular weight excluding hydrogens is 324 g/mol. The van der Waals surface area contributed by atoms with Gasteiger partial charge in [0.1, 0.15) is 5.75 Å². The van der Waals surface area contributed by atoms with Crippen molar-refractivity contribution in [2.24, 2.45) is 0 Å². The van der Waals surface area contributed by atoms with E-state index in [1.807, 2.05) is 0 Å². The summed E-state index contributed by atoms with van der Waals surface area (Å²) in [4.78, 5) is 0. The summed E-state index contributed by atoms with van der Waals surface area (Å²) < 4.78 is 31.2. The number of hydrogen-bond donors (Lipinski definition) is 1. The third kappa shape index (κ3) is 3.76. The van der Waals surface area contributed by atoms with Crippen LogP contribution in [0.2, 0.25) is 0 Å². The van der Waals surface area contributed by atoms with Crippen LogP contribution in [-0.2, 0) is 15.9 Å². The topological polar surface area (TPSA) is 54.4 Å². The second kappa shape index (κ2) is 4.08. The molecule has 1 rings (SSSR count). The zero-order valence-electron chi connectivity index (χ0n) is 6.37. The first-order valence-corrected chi connectivity index (χ1v) is 6.47. The van der Waals surface area contributed by atoms with Crippen molar-refractivity contribution in [3.05, 3.63) is 32.7 Å². The van der Waals surface area contributed by atoms with E-state index < -0.39 is 10.1 Å². The minimum Gasteiger partial charge on any atom is -0.285 e. The molecule has 0 spiro atoms. The van der Waals surface area contributed by atoms with Crippen LogP contribution in [0.1, 0.15) is 5.56 Å². The van der Waals surface area contributed by atoms with Gasteiger partial charge in [-0.3, -0.25) is 4.55 Å². The van der Waals surface area contributed by atoms with Crippen LogP contribution in [0.5, 0.6) is 0 Å². The quantitative estimate of drug-likeness (QED) is 0.848. The van der Waals surface area contributed by atoms with Crippen molar-refractivity contribution < 1.29 is 13.0 Å². The van der Waals surface area contributed by atoms with E-state index in [1.54, 1.807) is 18.2 Å². The van der Waals surface area contributed by atoms with Gasteiger partial charge in [0.2, 0.25) is 0 Å². The molecule has 72 valence electrons. The van der Waals surface area contributed by atoms with Gasteiger partial charge in [0, 0.05) is 8.95 Å². The van der Waals surface area contributed by atoms with E-state index in [0.717, 1.165) is 4.47 Å². The van der Waals surface area contributed by atoms with Gasteiger partial charge in [-0.25, -0.2) is 0 Å². The Morgan fingerprint density at radius 1 is 1.31 bits per heavy atom. The summed E-state index contributed by atoms with van der Waals surface area (Å²) >= 11 is 6.43. The molecule has 0 heterocycles. The summed E-state index contributed by atoms with van der Waals surface area (Å²) in [5.74, 6) is -0.374. The average Bonchev–Trinajstić information content (AvgIpc) is 1.93. The SMILES string of the molecule is O=S(=O)(O)Cc1ccc(Br)cc1Br. The lowest BCUT2D eigenvalue weighted by molar-refractivity contribution is 0.482. The highest BCUT2D eigenvalue weighted by atomic mass is 79.9. The fourth-order valence-corrected chi connectivity index (χ4v) is 2.85. The summed E-state index contributed by atoms with van der Waals surface area (Å²) in [5, 5.41) is 0. The van der Waals surface area contributed by atoms with Gasteiger partial charge in [0.05, 0.1) is 0 Å². The monoisotopic (exact) mass is 328 g/mol. The van der Waals surface area contributed by atoms with Crippen LogP contribution < -0.4 is 0 Å². The molecule has 0 radical (unpaired) electrons. The van der Waals surface area contributed by atoms with Crippen LogP contribution in [0.4, 0.5) is 0 Å². The second-order valence-electron chi connectivity index (χ2n) is 2.46. The Morgan fingerprint density at radius 2 is 1.92 bits per heavy atom. The Balaban J connectivity index is 3.04. The summed E-state index contributed by atoms with van der Waals surface area (Å²) in [5.41, 5.74) is 0.533. The molecule has 1 N–H and O–H groups in total. The van der Waals surface area contributed by atoms with Crippen LogP contribution in [0, 0.1) is 0 Å². The molecule has 0 aliphatic rings. The van der Waals surface area contributed by atoms with Crippen LogP contribution in [0.25, 0.3) is 0 Å². The van der Waals surface area contributed by atoms with Gasteiger partial charge in [0.25, 0.3) is 10.1 Å². The maximum absolute atomic E-state index is 10.6. The van der Waals surface area contributed by atoms with Crippen molar-refractivity contribution in [2.45, 2.75) is 5.75 Å². The molecular formula is C7H6Br2O3S. The largest absolute Gasteiger partial charge is 0.285 e. The molecule has 13 heavy (non-hydrogen) atoms. The summed E-state index contributed by atoms with van der Waals surface area (Å²) in [6, 6.07) is 5.06. The molecule has 0 unspecified atom stereocenters. The average molecular weight is 330 g/mol. The highest BCUT2D eigenvalue weighted by molar-refractivity contribution is 9.11. The van der Waals surface area contributed by atoms with E-state index in [1.165, 1.54) is 0 Å². The summed E-state index contributed by atoms with van der Waals surface area (Å²) in [7, 11) is -3.96.